The monoisotopic (exact) mass is 2110 g/mol. The van der Waals surface area contributed by atoms with Gasteiger partial charge in [0.25, 0.3) is 5.56 Å². The number of H-pyrrole nitrogens is 1. The first-order valence-electron chi connectivity index (χ1n) is 50.5. The number of carbonyl (C=O) groups is 6. The Kier molecular flexibility index (Phi) is 44.5. The number of nitrogens with two attached hydrogens (primary N) is 1. The minimum absolute atomic E-state index is 0. The van der Waals surface area contributed by atoms with E-state index in [4.69, 9.17) is 48.9 Å². The minimum Gasteiger partial charge on any atom is -0.478 e. The number of ether oxygens (including phenoxy) is 7. The number of carboxylic acid groups (broad SMARTS) is 1. The highest BCUT2D eigenvalue weighted by Gasteiger charge is 2.33. The van der Waals surface area contributed by atoms with Crippen molar-refractivity contribution in [3.05, 3.63) is 298 Å². The predicted molar refractivity (Wildman–Crippen MR) is 593 cm³/mol. The fourth-order valence-electron chi connectivity index (χ4n) is 19.2. The minimum atomic E-state index is -1.46. The number of pyridine rings is 5. The van der Waals surface area contributed by atoms with Crippen molar-refractivity contribution in [1.29, 1.82) is 0 Å². The van der Waals surface area contributed by atoms with Crippen LogP contribution >= 0.6 is 28.3 Å². The predicted octanol–water partition coefficient (Wildman–Crippen LogP) is 17.5. The number of esters is 3. The zero-order chi connectivity index (χ0) is 107. The average molecular weight is 2110 g/mol. The Morgan fingerprint density at radius 3 is 0.980 bits per heavy atom. The summed E-state index contributed by atoms with van der Waals surface area (Å²) in [6.45, 7) is 46.6. The fourth-order valence-corrected chi connectivity index (χ4v) is 19.6. The van der Waals surface area contributed by atoms with Crippen LogP contribution < -0.4 is 22.1 Å². The number of nitrogens with one attached hydrogen (secondary N) is 2. The van der Waals surface area contributed by atoms with Gasteiger partial charge in [-0.25, -0.2) is 19.2 Å². The molecule has 0 amide bonds. The number of fused-ring (bicyclic) bond motifs is 4. The molecular weight excluding hydrogens is 1960 g/mol. The number of halogens is 2. The van der Waals surface area contributed by atoms with Gasteiger partial charge in [0.1, 0.15) is 12.6 Å². The summed E-state index contributed by atoms with van der Waals surface area (Å²) in [6, 6.07) is 49.3. The van der Waals surface area contributed by atoms with Crippen LogP contribution in [-0.4, -0.2) is 277 Å². The number of rotatable bonds is 26. The number of hydrogen-bond donors (Lipinski definition) is 6. The van der Waals surface area contributed by atoms with Gasteiger partial charge in [0.15, 0.2) is 0 Å². The molecule has 0 spiro atoms. The molecule has 4 aliphatic heterocycles. The molecule has 4 atom stereocenters. The van der Waals surface area contributed by atoms with E-state index < -0.39 is 13.1 Å². The molecule has 0 radical (unpaired) electrons. The number of aromatic carboxylic acids is 1. The van der Waals surface area contributed by atoms with Gasteiger partial charge >= 0.3 is 31.0 Å². The number of aromatic amines is 1. The second-order valence-corrected chi connectivity index (χ2v) is 40.1. The molecule has 4 fully saturated rings. The van der Waals surface area contributed by atoms with Gasteiger partial charge in [-0.3, -0.25) is 34.0 Å². The molecule has 794 valence electrons. The molecule has 9 aromatic heterocycles. The molecule has 0 bridgehead atoms. The number of aldehydes is 2. The van der Waals surface area contributed by atoms with Crippen LogP contribution in [0.2, 0.25) is 0 Å². The van der Waals surface area contributed by atoms with Crippen molar-refractivity contribution in [2.45, 2.75) is 173 Å². The highest BCUT2D eigenvalue weighted by molar-refractivity contribution is 9.10. The third kappa shape index (κ3) is 30.8. The first-order valence-corrected chi connectivity index (χ1v) is 51.3. The smallest absolute Gasteiger partial charge is 0.478 e. The number of morpholine rings is 4. The van der Waals surface area contributed by atoms with Crippen LogP contribution in [0, 0.1) is 41.5 Å². The summed E-state index contributed by atoms with van der Waals surface area (Å²) in [5.41, 5.74) is 32.7. The fraction of sp³-hybridized carbons (Fsp3) is 0.417. The van der Waals surface area contributed by atoms with Crippen molar-refractivity contribution in [1.82, 2.24) is 57.3 Å². The lowest BCUT2D eigenvalue weighted by molar-refractivity contribution is 0.0186. The molecule has 7 N–H and O–H groups in total. The summed E-state index contributed by atoms with van der Waals surface area (Å²) in [7, 11) is 10.6. The molecule has 17 rings (SSSR count). The molecule has 0 saturated carbocycles. The number of hydrogen-bond acceptors (Lipinski definition) is 24. The van der Waals surface area contributed by atoms with Crippen molar-refractivity contribution in [3.8, 4) is 33.4 Å². The van der Waals surface area contributed by atoms with Crippen LogP contribution in [0.3, 0.4) is 0 Å². The van der Waals surface area contributed by atoms with Gasteiger partial charge in [-0.2, -0.15) is 0 Å². The van der Waals surface area contributed by atoms with Crippen molar-refractivity contribution in [2.24, 2.45) is 5.73 Å². The van der Waals surface area contributed by atoms with Crippen LogP contribution in [0.4, 0.5) is 0 Å². The number of carbonyl (C=O) groups excluding carboxylic acids is 5. The number of carboxylic acids is 1. The standard InChI is InChI=1S/C28H37N3O3.C26H30N2O4.C25H31N3O3.C19H25BrN2O3.C8H12N2O.C7H7BO3.C2H7N.ClH/c1-19(2)34-28(32)26-16-25-15-24(23-9-7-22(8-10-23)17-29(5)6)18-31(25)27(20(26)3)21(4)30-11-13-33-14-12-30;1-17(2)32-26(30)24-14-23-13-22(21-7-5-20(16-29)6-8-21)15-28(23)25(18(24)3)19(4)27-9-11-31-12-10-27;1-17-23(25(29)30)14-22-13-21(20-7-5-19(6-8-20)15-26(3)4)16-28(22)24(17)18(2)27-9-11-31-12-10-27;1-12(2)25-19(23)17-10-16-9-15(20)11-22(16)18(13(17)3)14(4)21-5-7-24-8-6-21;1-5-3-6(2)10-8(11)7(5)4-9;9-5-6-1-3-7(4-2-6)8(10)11;1-3-2;/h7-10,15-16,18-19,21H,11-14,17H2,1-6H3;5-8,13-17,19H,9-12H2,1-4H3;5-8,13-14,16,18H,9-12,15H2,1-4H3,(H,29,30);9-12,14H,5-8H2,1-4H3;3H,4,9H2,1-2H3,(H,10,11);1-5,10-11H;3H,1-2H3;1H. The Morgan fingerprint density at radius 1 is 0.432 bits per heavy atom. The first-order chi connectivity index (χ1) is 70.1. The van der Waals surface area contributed by atoms with E-state index in [1.165, 1.54) is 41.0 Å². The van der Waals surface area contributed by atoms with Crippen molar-refractivity contribution in [2.75, 3.05) is 147 Å². The van der Waals surface area contributed by atoms with Gasteiger partial charge in [-0.15, -0.1) is 12.4 Å². The van der Waals surface area contributed by atoms with E-state index in [0.717, 1.165) is 209 Å². The molecule has 148 heavy (non-hydrogen) atoms. The van der Waals surface area contributed by atoms with E-state index in [1.807, 2.05) is 152 Å². The van der Waals surface area contributed by atoms with E-state index in [1.54, 1.807) is 6.07 Å². The summed E-state index contributed by atoms with van der Waals surface area (Å²) >= 11 is 3.56. The third-order valence-electron chi connectivity index (χ3n) is 26.6. The summed E-state index contributed by atoms with van der Waals surface area (Å²) in [4.78, 5) is 99.4. The third-order valence-corrected chi connectivity index (χ3v) is 27.1. The van der Waals surface area contributed by atoms with Crippen LogP contribution in [-0.2, 0) is 52.8 Å². The largest absolute Gasteiger partial charge is 0.488 e. The second-order valence-electron chi connectivity index (χ2n) is 39.2. The number of nitrogens with zero attached hydrogens (tertiary/aromatic N) is 10. The Morgan fingerprint density at radius 2 is 0.709 bits per heavy atom. The topological polar surface area (TPSA) is 336 Å². The summed E-state index contributed by atoms with van der Waals surface area (Å²) in [5, 5.41) is 29.9. The maximum absolute atomic E-state index is 13.0. The maximum Gasteiger partial charge on any atom is 0.488 e. The highest BCUT2D eigenvalue weighted by Crippen LogP contribution is 2.39. The van der Waals surface area contributed by atoms with E-state index in [-0.39, 0.29) is 78.4 Å². The lowest BCUT2D eigenvalue weighted by Crippen LogP contribution is -2.39. The first kappa shape index (κ1) is 118. The number of benzene rings is 4. The van der Waals surface area contributed by atoms with Gasteiger partial charge < -0.3 is 91.7 Å². The van der Waals surface area contributed by atoms with Crippen LogP contribution in [0.1, 0.15) is 229 Å². The van der Waals surface area contributed by atoms with E-state index in [0.29, 0.717) is 83.7 Å². The average Bonchev–Trinajstić information content (AvgIpc) is 1.60. The van der Waals surface area contributed by atoms with Crippen LogP contribution in [0.5, 0.6) is 0 Å². The van der Waals surface area contributed by atoms with Crippen LogP contribution in [0.25, 0.3) is 55.4 Å². The van der Waals surface area contributed by atoms with Crippen molar-refractivity contribution in [3.63, 3.8) is 0 Å². The lowest BCUT2D eigenvalue weighted by atomic mass is 9.80. The quantitative estimate of drug-likeness (QED) is 0.0127. The van der Waals surface area contributed by atoms with Gasteiger partial charge in [-0.05, 0) is 285 Å². The molecule has 13 heterocycles. The van der Waals surface area contributed by atoms with Crippen LogP contribution in [0.15, 0.2) is 186 Å². The van der Waals surface area contributed by atoms with Gasteiger partial charge in [0, 0.05) is 209 Å². The molecule has 30 nitrogen and oxygen atoms in total. The lowest BCUT2D eigenvalue weighted by Gasteiger charge is -2.34. The molecular formula is C115H150BBrClN13O17. The Bertz CT molecular complexity index is 6670. The van der Waals surface area contributed by atoms with Crippen molar-refractivity contribution >= 4 is 99.4 Å². The maximum atomic E-state index is 13.0. The van der Waals surface area contributed by atoms with Gasteiger partial charge in [0.2, 0.25) is 0 Å². The molecule has 4 unspecified atom stereocenters. The van der Waals surface area contributed by atoms with E-state index in [2.05, 4.69) is 221 Å². The summed E-state index contributed by atoms with van der Waals surface area (Å²) in [5.74, 6) is -1.70. The zero-order valence-electron chi connectivity index (χ0n) is 89.8. The number of aryl methyl sites for hydroxylation is 2. The normalized spacial score (nSPS) is 14.9. The molecule has 4 aromatic carbocycles. The van der Waals surface area contributed by atoms with E-state index in [9.17, 15) is 38.7 Å². The van der Waals surface area contributed by atoms with E-state index >= 15 is 0 Å². The second kappa shape index (κ2) is 55.8. The number of aromatic nitrogens is 5. The molecule has 33 heteroatoms. The molecule has 0 aliphatic carbocycles. The SMILES string of the molecule is CNC.Cc1c(C(=O)O)cc2cc(-c3ccc(CN(C)C)cc3)cn2c1C(C)N1CCOCC1.Cc1c(C(=O)OC(C)C)cc2cc(-c3ccc(C=O)cc3)cn2c1C(C)N1CCOCC1.Cc1c(C(=O)OC(C)C)cc2cc(-c3ccc(CN(C)C)cc3)cn2c1C(C)N1CCOCC1.Cc1c(C(=O)OC(C)C)cc2cc(Br)cn2c1C(C)N1CCOCC1.Cc1cc(C)c(CN)c(=O)[nH]1.Cl.O=Cc1ccc(B(O)O)cc1. The summed E-state index contributed by atoms with van der Waals surface area (Å²) in [6.07, 6.45) is 9.58. The molecule has 4 aliphatic rings. The Hall–Kier alpha value is -11.6. The molecule has 13 aromatic rings. The van der Waals surface area contributed by atoms with Crippen molar-refractivity contribution < 1.29 is 77.1 Å². The Labute approximate surface area is 885 Å². The Balaban J connectivity index is 0.000000187. The molecule has 4 saturated heterocycles. The summed E-state index contributed by atoms with van der Waals surface area (Å²) < 4.78 is 48.5. The van der Waals surface area contributed by atoms with Gasteiger partial charge in [-0.1, -0.05) is 97.1 Å². The van der Waals surface area contributed by atoms with Gasteiger partial charge in [0.05, 0.1) is 93.4 Å². The highest BCUT2D eigenvalue weighted by atomic mass is 79.9. The zero-order valence-corrected chi connectivity index (χ0v) is 92.2.